The molecule has 24 heavy (non-hydrogen) atoms. The van der Waals surface area contributed by atoms with Gasteiger partial charge in [-0.15, -0.1) is 11.3 Å². The van der Waals surface area contributed by atoms with Crippen LogP contribution in [0, 0.1) is 12.8 Å². The van der Waals surface area contributed by atoms with Crippen molar-refractivity contribution in [1.29, 1.82) is 0 Å². The Balaban J connectivity index is 1.33. The third-order valence-corrected chi connectivity index (χ3v) is 5.25. The molecule has 2 aromatic heterocycles. The van der Waals surface area contributed by atoms with Gasteiger partial charge in [0.1, 0.15) is 0 Å². The normalized spacial score (nSPS) is 18.9. The van der Waals surface area contributed by atoms with Crippen LogP contribution in [0.4, 0.5) is 0 Å². The summed E-state index contributed by atoms with van der Waals surface area (Å²) in [5.74, 6) is 0.427. The maximum atomic E-state index is 12.1. The van der Waals surface area contributed by atoms with Crippen LogP contribution < -0.4 is 10.6 Å². The van der Waals surface area contributed by atoms with E-state index < -0.39 is 0 Å². The first kappa shape index (κ1) is 16.6. The highest BCUT2D eigenvalue weighted by Crippen LogP contribution is 2.49. The average Bonchev–Trinajstić information content (AvgIpc) is 3.28. The van der Waals surface area contributed by atoms with Gasteiger partial charge in [0.05, 0.1) is 0 Å². The molecule has 0 aliphatic heterocycles. The van der Waals surface area contributed by atoms with Gasteiger partial charge in [0.15, 0.2) is 0 Å². The molecule has 1 aliphatic carbocycles. The summed E-state index contributed by atoms with van der Waals surface area (Å²) < 4.78 is 0. The predicted octanol–water partition coefficient (Wildman–Crippen LogP) is 2.38. The van der Waals surface area contributed by atoms with E-state index in [0.717, 1.165) is 12.0 Å². The first-order chi connectivity index (χ1) is 11.6. The summed E-state index contributed by atoms with van der Waals surface area (Å²) in [6, 6.07) is 7.96. The monoisotopic (exact) mass is 343 g/mol. The fourth-order valence-corrected chi connectivity index (χ4v) is 3.73. The lowest BCUT2D eigenvalue weighted by Crippen LogP contribution is -2.31. The van der Waals surface area contributed by atoms with Crippen molar-refractivity contribution in [1.82, 2.24) is 15.6 Å². The number of rotatable bonds is 7. The zero-order valence-electron chi connectivity index (χ0n) is 13.6. The van der Waals surface area contributed by atoms with Crippen LogP contribution >= 0.6 is 11.3 Å². The Morgan fingerprint density at radius 1 is 1.29 bits per heavy atom. The number of amides is 2. The molecule has 0 spiro atoms. The number of hydrogen-bond acceptors (Lipinski definition) is 4. The lowest BCUT2D eigenvalue weighted by atomic mass is 10.2. The van der Waals surface area contributed by atoms with Gasteiger partial charge in [-0.25, -0.2) is 0 Å². The second kappa shape index (κ2) is 7.57. The molecule has 2 aromatic rings. The first-order valence-corrected chi connectivity index (χ1v) is 8.95. The van der Waals surface area contributed by atoms with Crippen LogP contribution in [0.25, 0.3) is 0 Å². The summed E-state index contributed by atoms with van der Waals surface area (Å²) in [5, 5.41) is 5.70. The molecule has 1 fully saturated rings. The van der Waals surface area contributed by atoms with E-state index in [4.69, 9.17) is 0 Å². The van der Waals surface area contributed by atoms with Crippen molar-refractivity contribution in [3.05, 3.63) is 52.0 Å². The molecule has 2 atom stereocenters. The summed E-state index contributed by atoms with van der Waals surface area (Å²) in [5.41, 5.74) is 0.960. The van der Waals surface area contributed by atoms with E-state index in [0.29, 0.717) is 25.4 Å². The lowest BCUT2D eigenvalue weighted by molar-refractivity contribution is -0.123. The zero-order chi connectivity index (χ0) is 16.9. The van der Waals surface area contributed by atoms with E-state index >= 15 is 0 Å². The molecule has 6 heteroatoms. The van der Waals surface area contributed by atoms with Gasteiger partial charge in [-0.3, -0.25) is 14.6 Å². The Hall–Kier alpha value is -2.21. The predicted molar refractivity (Wildman–Crippen MR) is 93.6 cm³/mol. The van der Waals surface area contributed by atoms with Crippen molar-refractivity contribution in [2.45, 2.75) is 32.2 Å². The Morgan fingerprint density at radius 2 is 2.17 bits per heavy atom. The van der Waals surface area contributed by atoms with Crippen LogP contribution in [-0.4, -0.2) is 23.3 Å². The third kappa shape index (κ3) is 4.41. The van der Waals surface area contributed by atoms with Gasteiger partial charge >= 0.3 is 0 Å². The maximum absolute atomic E-state index is 12.1. The molecule has 5 nitrogen and oxygen atoms in total. The summed E-state index contributed by atoms with van der Waals surface area (Å²) in [6.45, 7) is 2.92. The molecule has 2 heterocycles. The number of pyridine rings is 1. The lowest BCUT2D eigenvalue weighted by Gasteiger charge is -2.06. The van der Waals surface area contributed by atoms with E-state index in [1.807, 2.05) is 12.1 Å². The highest BCUT2D eigenvalue weighted by molar-refractivity contribution is 7.12. The molecule has 0 radical (unpaired) electrons. The van der Waals surface area contributed by atoms with Crippen LogP contribution in [-0.2, 0) is 16.1 Å². The molecule has 0 aromatic carbocycles. The fraction of sp³-hybridized carbons (Fsp3) is 0.389. The van der Waals surface area contributed by atoms with Gasteiger partial charge in [-0.1, -0.05) is 6.07 Å². The standard InChI is InChI=1S/C18H21N3O2S/c1-12-4-5-16(24-12)14-9-15(14)18(23)20-8-6-17(22)21-11-13-3-2-7-19-10-13/h2-5,7,10,14-15H,6,8-9,11H2,1H3,(H,20,23)(H,21,22)/t14-,15+/m0/s1. The van der Waals surface area contributed by atoms with Crippen LogP contribution in [0.3, 0.4) is 0 Å². The van der Waals surface area contributed by atoms with Crippen molar-refractivity contribution in [2.24, 2.45) is 5.92 Å². The number of carbonyl (C=O) groups is 2. The number of hydrogen-bond donors (Lipinski definition) is 2. The number of thiophene rings is 1. The summed E-state index contributed by atoms with van der Waals surface area (Å²) in [7, 11) is 0. The highest BCUT2D eigenvalue weighted by atomic mass is 32.1. The van der Waals surface area contributed by atoms with Crippen molar-refractivity contribution < 1.29 is 9.59 Å². The van der Waals surface area contributed by atoms with Crippen LogP contribution in [0.1, 0.15) is 34.1 Å². The molecule has 126 valence electrons. The fourth-order valence-electron chi connectivity index (χ4n) is 2.67. The Labute approximate surface area is 145 Å². The molecule has 3 rings (SSSR count). The second-order valence-corrected chi connectivity index (χ2v) is 7.40. The van der Waals surface area contributed by atoms with Crippen molar-refractivity contribution in [3.8, 4) is 0 Å². The van der Waals surface area contributed by atoms with E-state index in [2.05, 4.69) is 34.7 Å². The van der Waals surface area contributed by atoms with Crippen LogP contribution in [0.2, 0.25) is 0 Å². The SMILES string of the molecule is Cc1ccc([C@H]2C[C@H]2C(=O)NCCC(=O)NCc2cccnc2)s1. The number of aromatic nitrogens is 1. The van der Waals surface area contributed by atoms with Crippen LogP contribution in [0.5, 0.6) is 0 Å². The average molecular weight is 343 g/mol. The maximum Gasteiger partial charge on any atom is 0.223 e. The van der Waals surface area contributed by atoms with Crippen molar-refractivity contribution in [3.63, 3.8) is 0 Å². The summed E-state index contributed by atoms with van der Waals surface area (Å²) >= 11 is 1.76. The third-order valence-electron chi connectivity index (χ3n) is 4.12. The molecule has 1 aliphatic rings. The van der Waals surface area contributed by atoms with Gasteiger partial charge in [0.25, 0.3) is 0 Å². The summed E-state index contributed by atoms with van der Waals surface area (Å²) in [6.07, 6.45) is 4.63. The minimum Gasteiger partial charge on any atom is -0.355 e. The van der Waals surface area contributed by atoms with Crippen LogP contribution in [0.15, 0.2) is 36.7 Å². The minimum absolute atomic E-state index is 0.0612. The zero-order valence-corrected chi connectivity index (χ0v) is 14.4. The molecular weight excluding hydrogens is 322 g/mol. The van der Waals surface area contributed by atoms with Gasteiger partial charge in [0, 0.05) is 53.5 Å². The molecule has 0 bridgehead atoms. The topological polar surface area (TPSA) is 71.1 Å². The highest BCUT2D eigenvalue weighted by Gasteiger charge is 2.44. The molecule has 2 amide bonds. The Morgan fingerprint density at radius 3 is 2.88 bits per heavy atom. The molecule has 2 N–H and O–H groups in total. The summed E-state index contributed by atoms with van der Waals surface area (Å²) in [4.78, 5) is 30.5. The molecule has 0 saturated heterocycles. The molecular formula is C18H21N3O2S. The number of nitrogens with one attached hydrogen (secondary N) is 2. The second-order valence-electron chi connectivity index (χ2n) is 6.08. The molecule has 1 saturated carbocycles. The number of nitrogens with zero attached hydrogens (tertiary/aromatic N) is 1. The van der Waals surface area contributed by atoms with Gasteiger partial charge in [-0.05, 0) is 37.1 Å². The van der Waals surface area contributed by atoms with Crippen molar-refractivity contribution >= 4 is 23.2 Å². The number of aryl methyl sites for hydroxylation is 1. The van der Waals surface area contributed by atoms with Gasteiger partial charge < -0.3 is 10.6 Å². The smallest absolute Gasteiger partial charge is 0.223 e. The van der Waals surface area contributed by atoms with Crippen molar-refractivity contribution in [2.75, 3.05) is 6.54 Å². The van der Waals surface area contributed by atoms with E-state index in [-0.39, 0.29) is 17.7 Å². The Kier molecular flexibility index (Phi) is 5.25. The molecule has 0 unspecified atom stereocenters. The van der Waals surface area contributed by atoms with E-state index in [1.54, 1.807) is 23.7 Å². The number of carbonyl (C=O) groups excluding carboxylic acids is 2. The van der Waals surface area contributed by atoms with E-state index in [9.17, 15) is 9.59 Å². The van der Waals surface area contributed by atoms with Gasteiger partial charge in [-0.2, -0.15) is 0 Å². The largest absolute Gasteiger partial charge is 0.355 e. The Bertz CT molecular complexity index is 714. The quantitative estimate of drug-likeness (QED) is 0.811. The van der Waals surface area contributed by atoms with E-state index in [1.165, 1.54) is 9.75 Å². The minimum atomic E-state index is -0.0691. The van der Waals surface area contributed by atoms with Gasteiger partial charge in [0.2, 0.25) is 11.8 Å². The first-order valence-electron chi connectivity index (χ1n) is 8.13.